The average molecular weight is 279 g/mol. The molecule has 112 valence electrons. The lowest BCUT2D eigenvalue weighted by Crippen LogP contribution is -2.43. The molecule has 1 aromatic rings. The number of carbonyl (C=O) groups excluding carboxylic acids is 1. The Labute approximate surface area is 120 Å². The Hall–Kier alpha value is -1.66. The van der Waals surface area contributed by atoms with E-state index in [9.17, 15) is 4.79 Å². The maximum Gasteiger partial charge on any atom is 0.254 e. The fraction of sp³-hybridized carbons (Fsp3) is 0.571. The van der Waals surface area contributed by atoms with Gasteiger partial charge in [0.05, 0.1) is 0 Å². The van der Waals surface area contributed by atoms with Crippen LogP contribution < -0.4 is 11.3 Å². The van der Waals surface area contributed by atoms with Gasteiger partial charge in [-0.15, -0.1) is 0 Å². The number of pyridine rings is 1. The van der Waals surface area contributed by atoms with Crippen LogP contribution >= 0.6 is 0 Å². The van der Waals surface area contributed by atoms with E-state index in [1.165, 1.54) is 0 Å². The number of amides is 1. The summed E-state index contributed by atoms with van der Waals surface area (Å²) < 4.78 is 0. The standard InChI is InChI=1S/C14H25N5O/c1-6-19(11(3)9-18(4)5)14(20)12-7-10(2)16-13(8-12)17-15/h7-8,11H,6,9,15H2,1-5H3,(H,16,17). The molecule has 0 aliphatic rings. The van der Waals surface area contributed by atoms with E-state index in [4.69, 9.17) is 5.84 Å². The quantitative estimate of drug-likeness (QED) is 0.602. The summed E-state index contributed by atoms with van der Waals surface area (Å²) in [6.45, 7) is 7.38. The molecule has 1 heterocycles. The number of aryl methyl sites for hydroxylation is 1. The van der Waals surface area contributed by atoms with Crippen molar-refractivity contribution in [3.63, 3.8) is 0 Å². The zero-order valence-electron chi connectivity index (χ0n) is 13.0. The molecule has 6 nitrogen and oxygen atoms in total. The molecule has 1 amide bonds. The van der Waals surface area contributed by atoms with E-state index in [1.54, 1.807) is 12.1 Å². The summed E-state index contributed by atoms with van der Waals surface area (Å²) in [5.74, 6) is 5.89. The molecule has 1 aromatic heterocycles. The monoisotopic (exact) mass is 279 g/mol. The highest BCUT2D eigenvalue weighted by Gasteiger charge is 2.21. The highest BCUT2D eigenvalue weighted by molar-refractivity contribution is 5.95. The number of rotatable bonds is 6. The predicted molar refractivity (Wildman–Crippen MR) is 81.5 cm³/mol. The van der Waals surface area contributed by atoms with Crippen LogP contribution in [0.4, 0.5) is 5.82 Å². The van der Waals surface area contributed by atoms with Crippen molar-refractivity contribution in [1.82, 2.24) is 14.8 Å². The zero-order valence-corrected chi connectivity index (χ0v) is 13.0. The van der Waals surface area contributed by atoms with Crippen LogP contribution in [0.3, 0.4) is 0 Å². The number of anilines is 1. The summed E-state index contributed by atoms with van der Waals surface area (Å²) in [6, 6.07) is 3.61. The minimum Gasteiger partial charge on any atom is -0.335 e. The highest BCUT2D eigenvalue weighted by atomic mass is 16.2. The summed E-state index contributed by atoms with van der Waals surface area (Å²) in [7, 11) is 4.00. The molecular formula is C14H25N5O. The van der Waals surface area contributed by atoms with Crippen LogP contribution in [-0.4, -0.2) is 53.9 Å². The van der Waals surface area contributed by atoms with E-state index in [-0.39, 0.29) is 11.9 Å². The zero-order chi connectivity index (χ0) is 15.3. The second-order valence-corrected chi connectivity index (χ2v) is 5.23. The molecule has 0 bridgehead atoms. The van der Waals surface area contributed by atoms with Gasteiger partial charge in [-0.25, -0.2) is 10.8 Å². The summed E-state index contributed by atoms with van der Waals surface area (Å²) in [6.07, 6.45) is 0. The third-order valence-corrected chi connectivity index (χ3v) is 3.11. The average Bonchev–Trinajstić information content (AvgIpc) is 2.37. The van der Waals surface area contributed by atoms with Gasteiger partial charge >= 0.3 is 0 Å². The van der Waals surface area contributed by atoms with Gasteiger partial charge in [-0.05, 0) is 47.0 Å². The first kappa shape index (κ1) is 16.4. The van der Waals surface area contributed by atoms with Crippen LogP contribution in [0.5, 0.6) is 0 Å². The number of carbonyl (C=O) groups is 1. The lowest BCUT2D eigenvalue weighted by Gasteiger charge is -2.30. The van der Waals surface area contributed by atoms with Crippen LogP contribution in [0.2, 0.25) is 0 Å². The Morgan fingerprint density at radius 1 is 1.45 bits per heavy atom. The number of aromatic nitrogens is 1. The van der Waals surface area contributed by atoms with Crippen LogP contribution in [0, 0.1) is 6.92 Å². The minimum absolute atomic E-state index is 0.00356. The molecule has 0 saturated carbocycles. The van der Waals surface area contributed by atoms with Crippen LogP contribution in [-0.2, 0) is 0 Å². The Bertz CT molecular complexity index is 461. The molecule has 0 saturated heterocycles. The number of nitrogens with zero attached hydrogens (tertiary/aromatic N) is 3. The van der Waals surface area contributed by atoms with E-state index in [0.29, 0.717) is 17.9 Å². The van der Waals surface area contributed by atoms with Crippen molar-refractivity contribution in [1.29, 1.82) is 0 Å². The molecule has 6 heteroatoms. The maximum atomic E-state index is 12.6. The molecule has 0 spiro atoms. The summed E-state index contributed by atoms with van der Waals surface area (Å²) in [4.78, 5) is 20.8. The van der Waals surface area contributed by atoms with Crippen molar-refractivity contribution in [3.05, 3.63) is 23.4 Å². The number of hydrazine groups is 1. The van der Waals surface area contributed by atoms with Crippen LogP contribution in [0.15, 0.2) is 12.1 Å². The van der Waals surface area contributed by atoms with Gasteiger partial charge in [0.25, 0.3) is 5.91 Å². The molecular weight excluding hydrogens is 254 g/mol. The van der Waals surface area contributed by atoms with Gasteiger partial charge in [0.15, 0.2) is 0 Å². The van der Waals surface area contributed by atoms with Crippen molar-refractivity contribution in [3.8, 4) is 0 Å². The molecule has 0 fully saturated rings. The molecule has 0 radical (unpaired) electrons. The SMILES string of the molecule is CCN(C(=O)c1cc(C)nc(NN)c1)C(C)CN(C)C. The lowest BCUT2D eigenvalue weighted by molar-refractivity contribution is 0.0679. The number of nitrogens with one attached hydrogen (secondary N) is 1. The normalized spacial score (nSPS) is 12.3. The lowest BCUT2D eigenvalue weighted by atomic mass is 10.1. The fourth-order valence-electron chi connectivity index (χ4n) is 2.31. The number of nitrogens with two attached hydrogens (primary N) is 1. The van der Waals surface area contributed by atoms with Gasteiger partial charge in [0.1, 0.15) is 5.82 Å². The van der Waals surface area contributed by atoms with Crippen LogP contribution in [0.25, 0.3) is 0 Å². The first-order valence-corrected chi connectivity index (χ1v) is 6.80. The van der Waals surface area contributed by atoms with Gasteiger partial charge in [-0.1, -0.05) is 0 Å². The van der Waals surface area contributed by atoms with E-state index in [2.05, 4.69) is 22.2 Å². The number of hydrogen-bond donors (Lipinski definition) is 2. The van der Waals surface area contributed by atoms with Gasteiger partial charge in [-0.2, -0.15) is 0 Å². The topological polar surface area (TPSA) is 74.5 Å². The minimum atomic E-state index is 0.00356. The van der Waals surface area contributed by atoms with Gasteiger partial charge in [0.2, 0.25) is 0 Å². The van der Waals surface area contributed by atoms with Gasteiger partial charge in [-0.3, -0.25) is 4.79 Å². The molecule has 3 N–H and O–H groups in total. The van der Waals surface area contributed by atoms with E-state index < -0.39 is 0 Å². The van der Waals surface area contributed by atoms with Gasteiger partial charge in [0, 0.05) is 30.4 Å². The molecule has 0 aromatic carbocycles. The Morgan fingerprint density at radius 3 is 2.60 bits per heavy atom. The number of likely N-dealkylation sites (N-methyl/N-ethyl adjacent to an activating group) is 2. The largest absolute Gasteiger partial charge is 0.335 e. The Kier molecular flexibility index (Phi) is 5.91. The van der Waals surface area contributed by atoms with Crippen molar-refractivity contribution >= 4 is 11.7 Å². The smallest absolute Gasteiger partial charge is 0.254 e. The number of hydrogen-bond acceptors (Lipinski definition) is 5. The van der Waals surface area contributed by atoms with Crippen molar-refractivity contribution in [2.45, 2.75) is 26.8 Å². The number of nitrogen functional groups attached to an aromatic ring is 1. The second kappa shape index (κ2) is 7.21. The first-order chi connectivity index (χ1) is 9.38. The molecule has 0 aliphatic carbocycles. The Morgan fingerprint density at radius 2 is 2.10 bits per heavy atom. The van der Waals surface area contributed by atoms with Gasteiger partial charge < -0.3 is 15.2 Å². The van der Waals surface area contributed by atoms with Crippen molar-refractivity contribution < 1.29 is 4.79 Å². The highest BCUT2D eigenvalue weighted by Crippen LogP contribution is 2.14. The third kappa shape index (κ3) is 4.18. The van der Waals surface area contributed by atoms with Crippen molar-refractivity contribution in [2.75, 3.05) is 32.6 Å². The Balaban J connectivity index is 2.98. The molecule has 0 aliphatic heterocycles. The summed E-state index contributed by atoms with van der Waals surface area (Å²) >= 11 is 0. The summed E-state index contributed by atoms with van der Waals surface area (Å²) in [5, 5.41) is 0. The van der Waals surface area contributed by atoms with E-state index >= 15 is 0 Å². The van der Waals surface area contributed by atoms with Crippen LogP contribution in [0.1, 0.15) is 29.9 Å². The third-order valence-electron chi connectivity index (χ3n) is 3.11. The second-order valence-electron chi connectivity index (χ2n) is 5.23. The molecule has 1 rings (SSSR count). The molecule has 20 heavy (non-hydrogen) atoms. The van der Waals surface area contributed by atoms with E-state index in [1.807, 2.05) is 32.8 Å². The molecule has 1 atom stereocenters. The molecule has 1 unspecified atom stereocenters. The van der Waals surface area contributed by atoms with Crippen molar-refractivity contribution in [2.24, 2.45) is 5.84 Å². The summed E-state index contributed by atoms with van der Waals surface area (Å²) in [5.41, 5.74) is 3.86. The maximum absolute atomic E-state index is 12.6. The predicted octanol–water partition coefficient (Wildman–Crippen LogP) is 1.09. The first-order valence-electron chi connectivity index (χ1n) is 6.80. The van der Waals surface area contributed by atoms with E-state index in [0.717, 1.165) is 12.2 Å². The fourth-order valence-corrected chi connectivity index (χ4v) is 2.31.